The molecule has 0 N–H and O–H groups in total. The van der Waals surface area contributed by atoms with Crippen LogP contribution in [0.3, 0.4) is 0 Å². The zero-order chi connectivity index (χ0) is 7.52. The fourth-order valence-electron chi connectivity index (χ4n) is 0.917. The van der Waals surface area contributed by atoms with Crippen molar-refractivity contribution in [2.75, 3.05) is 0 Å². The highest BCUT2D eigenvalue weighted by atomic mass is 16.7. The van der Waals surface area contributed by atoms with Gasteiger partial charge in [0.05, 0.1) is 0 Å². The lowest BCUT2D eigenvalue weighted by Gasteiger charge is -2.05. The Balaban J connectivity index is 2.17. The van der Waals surface area contributed by atoms with E-state index in [9.17, 15) is 0 Å². The minimum Gasteiger partial charge on any atom is -0.446 e. The smallest absolute Gasteiger partial charge is 0.362 e. The van der Waals surface area contributed by atoms with Gasteiger partial charge in [0.1, 0.15) is 12.5 Å². The SMILES string of the molecule is C1=CO[C](c2ccccc2)O1. The Morgan fingerprint density at radius 2 is 1.45 bits per heavy atom. The number of hydrogen-bond donors (Lipinski definition) is 0. The molecule has 1 radical (unpaired) electrons. The van der Waals surface area contributed by atoms with E-state index in [0.717, 1.165) is 5.56 Å². The Bertz CT molecular complexity index is 246. The van der Waals surface area contributed by atoms with Gasteiger partial charge in [0.2, 0.25) is 0 Å². The summed E-state index contributed by atoms with van der Waals surface area (Å²) in [6.07, 6.45) is 3.58. The van der Waals surface area contributed by atoms with Crippen LogP contribution in [-0.4, -0.2) is 0 Å². The molecule has 0 saturated carbocycles. The molecule has 0 saturated heterocycles. The van der Waals surface area contributed by atoms with E-state index in [2.05, 4.69) is 0 Å². The van der Waals surface area contributed by atoms with E-state index in [1.165, 1.54) is 12.5 Å². The maximum atomic E-state index is 5.05. The highest BCUT2D eigenvalue weighted by Gasteiger charge is 2.17. The third-order valence-corrected chi connectivity index (χ3v) is 1.42. The van der Waals surface area contributed by atoms with Gasteiger partial charge in [-0.15, -0.1) is 0 Å². The molecular formula is C9H7O2. The summed E-state index contributed by atoms with van der Waals surface area (Å²) in [6, 6.07) is 9.69. The van der Waals surface area contributed by atoms with Gasteiger partial charge in [-0.1, -0.05) is 30.3 Å². The van der Waals surface area contributed by atoms with Crippen molar-refractivity contribution in [3.05, 3.63) is 54.7 Å². The summed E-state index contributed by atoms with van der Waals surface area (Å²) in [5.41, 5.74) is 0.956. The van der Waals surface area contributed by atoms with Crippen LogP contribution >= 0.6 is 0 Å². The molecule has 2 rings (SSSR count). The first-order valence-corrected chi connectivity index (χ1v) is 3.37. The third-order valence-electron chi connectivity index (χ3n) is 1.42. The van der Waals surface area contributed by atoms with Crippen LogP contribution in [0.25, 0.3) is 0 Å². The topological polar surface area (TPSA) is 18.5 Å². The fourth-order valence-corrected chi connectivity index (χ4v) is 0.917. The van der Waals surface area contributed by atoms with E-state index in [4.69, 9.17) is 9.47 Å². The van der Waals surface area contributed by atoms with Gasteiger partial charge < -0.3 is 9.47 Å². The lowest BCUT2D eigenvalue weighted by atomic mass is 10.2. The first kappa shape index (κ1) is 6.28. The van der Waals surface area contributed by atoms with Crippen molar-refractivity contribution < 1.29 is 9.47 Å². The van der Waals surface area contributed by atoms with Crippen LogP contribution in [0.1, 0.15) is 5.56 Å². The molecule has 2 nitrogen and oxygen atoms in total. The van der Waals surface area contributed by atoms with Crippen molar-refractivity contribution in [2.24, 2.45) is 0 Å². The summed E-state index contributed by atoms with van der Waals surface area (Å²) in [5, 5.41) is 0. The molecule has 0 unspecified atom stereocenters. The molecule has 0 aliphatic carbocycles. The Kier molecular flexibility index (Phi) is 1.52. The van der Waals surface area contributed by atoms with Gasteiger partial charge in [0.25, 0.3) is 0 Å². The van der Waals surface area contributed by atoms with Gasteiger partial charge in [0, 0.05) is 5.56 Å². The van der Waals surface area contributed by atoms with Gasteiger partial charge in [-0.2, -0.15) is 0 Å². The molecule has 1 aliphatic rings. The van der Waals surface area contributed by atoms with E-state index in [0.29, 0.717) is 6.29 Å². The van der Waals surface area contributed by atoms with E-state index >= 15 is 0 Å². The number of benzene rings is 1. The van der Waals surface area contributed by atoms with E-state index in [1.807, 2.05) is 30.3 Å². The van der Waals surface area contributed by atoms with Crippen LogP contribution in [-0.2, 0) is 9.47 Å². The average molecular weight is 147 g/mol. The van der Waals surface area contributed by atoms with Crippen molar-refractivity contribution in [1.29, 1.82) is 0 Å². The predicted molar refractivity (Wildman–Crippen MR) is 40.1 cm³/mol. The minimum atomic E-state index is 0.547. The molecule has 0 fully saturated rings. The van der Waals surface area contributed by atoms with Crippen LogP contribution in [0.2, 0.25) is 0 Å². The quantitative estimate of drug-likeness (QED) is 0.605. The van der Waals surface area contributed by atoms with Crippen LogP contribution in [0, 0.1) is 6.29 Å². The first-order valence-electron chi connectivity index (χ1n) is 3.37. The number of hydrogen-bond acceptors (Lipinski definition) is 2. The Morgan fingerprint density at radius 3 is 2.09 bits per heavy atom. The molecule has 11 heavy (non-hydrogen) atoms. The summed E-state index contributed by atoms with van der Waals surface area (Å²) >= 11 is 0. The van der Waals surface area contributed by atoms with E-state index in [1.54, 1.807) is 0 Å². The molecule has 0 spiro atoms. The van der Waals surface area contributed by atoms with Crippen molar-refractivity contribution in [3.63, 3.8) is 0 Å². The molecule has 1 aromatic rings. The van der Waals surface area contributed by atoms with Gasteiger partial charge in [0.15, 0.2) is 0 Å². The lowest BCUT2D eigenvalue weighted by molar-refractivity contribution is 0.123. The van der Waals surface area contributed by atoms with Crippen LogP contribution in [0.4, 0.5) is 0 Å². The van der Waals surface area contributed by atoms with Gasteiger partial charge in [-0.25, -0.2) is 0 Å². The summed E-state index contributed by atoms with van der Waals surface area (Å²) in [7, 11) is 0. The monoisotopic (exact) mass is 147 g/mol. The third kappa shape index (κ3) is 1.19. The molecule has 0 amide bonds. The Morgan fingerprint density at radius 1 is 0.818 bits per heavy atom. The van der Waals surface area contributed by atoms with Gasteiger partial charge >= 0.3 is 6.29 Å². The van der Waals surface area contributed by atoms with E-state index in [-0.39, 0.29) is 0 Å². The average Bonchev–Trinajstić information content (AvgIpc) is 2.58. The highest BCUT2D eigenvalue weighted by molar-refractivity contribution is 5.25. The van der Waals surface area contributed by atoms with Crippen LogP contribution < -0.4 is 0 Å². The Hall–Kier alpha value is -1.44. The van der Waals surface area contributed by atoms with Crippen molar-refractivity contribution in [2.45, 2.75) is 0 Å². The summed E-state index contributed by atoms with van der Waals surface area (Å²) in [6.45, 7) is 0. The second kappa shape index (κ2) is 2.66. The number of rotatable bonds is 1. The first-order chi connectivity index (χ1) is 5.47. The maximum absolute atomic E-state index is 5.05. The van der Waals surface area contributed by atoms with Gasteiger partial charge in [-0.3, -0.25) is 0 Å². The molecule has 1 heterocycles. The molecule has 2 heteroatoms. The normalized spacial score (nSPS) is 16.0. The zero-order valence-electron chi connectivity index (χ0n) is 5.86. The molecular weight excluding hydrogens is 140 g/mol. The maximum Gasteiger partial charge on any atom is 0.362 e. The largest absolute Gasteiger partial charge is 0.446 e. The lowest BCUT2D eigenvalue weighted by Crippen LogP contribution is -1.97. The molecule has 1 aromatic carbocycles. The predicted octanol–water partition coefficient (Wildman–Crippen LogP) is 2.04. The van der Waals surface area contributed by atoms with Crippen LogP contribution in [0.5, 0.6) is 0 Å². The van der Waals surface area contributed by atoms with Crippen molar-refractivity contribution in [3.8, 4) is 0 Å². The molecule has 55 valence electrons. The number of ether oxygens (including phenoxy) is 2. The van der Waals surface area contributed by atoms with Crippen molar-refractivity contribution in [1.82, 2.24) is 0 Å². The minimum absolute atomic E-state index is 0.547. The second-order valence-corrected chi connectivity index (χ2v) is 2.16. The summed E-state index contributed by atoms with van der Waals surface area (Å²) in [4.78, 5) is 0. The zero-order valence-corrected chi connectivity index (χ0v) is 5.86. The summed E-state index contributed by atoms with van der Waals surface area (Å²) < 4.78 is 10.1. The highest BCUT2D eigenvalue weighted by Crippen LogP contribution is 2.21. The Labute approximate surface area is 65.1 Å². The second-order valence-electron chi connectivity index (χ2n) is 2.16. The molecule has 0 aromatic heterocycles. The van der Waals surface area contributed by atoms with Gasteiger partial charge in [-0.05, 0) is 0 Å². The molecule has 0 bridgehead atoms. The van der Waals surface area contributed by atoms with Crippen LogP contribution in [0.15, 0.2) is 42.9 Å². The summed E-state index contributed by atoms with van der Waals surface area (Å²) in [5.74, 6) is 0. The van der Waals surface area contributed by atoms with Crippen molar-refractivity contribution >= 4 is 0 Å². The fraction of sp³-hybridized carbons (Fsp3) is 0. The van der Waals surface area contributed by atoms with E-state index < -0.39 is 0 Å². The molecule has 0 atom stereocenters. The molecule has 1 aliphatic heterocycles. The standard InChI is InChI=1S/C9H7O2/c1-2-4-8(5-3-1)9-10-6-7-11-9/h1-7H.